The van der Waals surface area contributed by atoms with Crippen molar-refractivity contribution in [2.24, 2.45) is 0 Å². The molecule has 0 saturated heterocycles. The van der Waals surface area contributed by atoms with E-state index >= 15 is 0 Å². The predicted molar refractivity (Wildman–Crippen MR) is 53.4 cm³/mol. The summed E-state index contributed by atoms with van der Waals surface area (Å²) in [6, 6.07) is 7.56. The third-order valence-electron chi connectivity index (χ3n) is 2.38. The van der Waals surface area contributed by atoms with Crippen LogP contribution in [0.15, 0.2) is 12.1 Å². The van der Waals surface area contributed by atoms with E-state index in [9.17, 15) is 0 Å². The summed E-state index contributed by atoms with van der Waals surface area (Å²) in [5.41, 5.74) is 4.41. The molecule has 0 heteroatoms. The molecule has 65 valence electrons. The molecule has 12 heavy (non-hydrogen) atoms. The van der Waals surface area contributed by atoms with Gasteiger partial charge in [0.05, 0.1) is 0 Å². The van der Waals surface area contributed by atoms with Crippen LogP contribution in [0.1, 0.15) is 37.5 Å². The summed E-state index contributed by atoms with van der Waals surface area (Å²) in [6.07, 6.45) is 3.39. The van der Waals surface area contributed by atoms with Gasteiger partial charge in [0.1, 0.15) is 0 Å². The first-order valence-electron chi connectivity index (χ1n) is 4.84. The SMILES string of the molecule is CCc1[c]ccc(CC)c1CC. The number of benzene rings is 1. The standard InChI is InChI=1S/C12H17/c1-4-10-8-7-9-11(5-2)12(10)6-3/h7-8H,4-6H2,1-3H3. The van der Waals surface area contributed by atoms with E-state index in [2.05, 4.69) is 39.0 Å². The van der Waals surface area contributed by atoms with Crippen molar-refractivity contribution in [3.63, 3.8) is 0 Å². The summed E-state index contributed by atoms with van der Waals surface area (Å²) < 4.78 is 0. The van der Waals surface area contributed by atoms with Crippen molar-refractivity contribution >= 4 is 0 Å². The maximum Gasteiger partial charge on any atom is -0.0146 e. The largest absolute Gasteiger partial charge is 0.0613 e. The normalized spacial score (nSPS) is 10.2. The summed E-state index contributed by atoms with van der Waals surface area (Å²) in [6.45, 7) is 6.64. The highest BCUT2D eigenvalue weighted by molar-refractivity contribution is 5.34. The second kappa shape index (κ2) is 4.30. The molecule has 0 N–H and O–H groups in total. The zero-order valence-electron chi connectivity index (χ0n) is 8.28. The van der Waals surface area contributed by atoms with Crippen molar-refractivity contribution < 1.29 is 0 Å². The fraction of sp³-hybridized carbons (Fsp3) is 0.500. The molecule has 0 aliphatic carbocycles. The van der Waals surface area contributed by atoms with E-state index < -0.39 is 0 Å². The van der Waals surface area contributed by atoms with E-state index in [1.54, 1.807) is 0 Å². The Hall–Kier alpha value is -0.780. The van der Waals surface area contributed by atoms with Crippen molar-refractivity contribution in [3.05, 3.63) is 34.9 Å². The Bertz CT molecular complexity index is 226. The zero-order valence-corrected chi connectivity index (χ0v) is 8.28. The Balaban J connectivity index is 3.13. The lowest BCUT2D eigenvalue weighted by molar-refractivity contribution is 0.979. The van der Waals surface area contributed by atoms with Crippen LogP contribution in [-0.2, 0) is 19.3 Å². The minimum Gasteiger partial charge on any atom is -0.0613 e. The van der Waals surface area contributed by atoms with Gasteiger partial charge in [-0.2, -0.15) is 0 Å². The maximum atomic E-state index is 3.31. The maximum absolute atomic E-state index is 3.31. The molecule has 0 aromatic heterocycles. The lowest BCUT2D eigenvalue weighted by atomic mass is 9.96. The molecule has 0 atom stereocenters. The predicted octanol–water partition coefficient (Wildman–Crippen LogP) is 3.17. The third kappa shape index (κ3) is 1.69. The molecule has 1 rings (SSSR count). The highest BCUT2D eigenvalue weighted by Crippen LogP contribution is 2.16. The summed E-state index contributed by atoms with van der Waals surface area (Å²) in [7, 11) is 0. The van der Waals surface area contributed by atoms with Crippen LogP contribution in [0.4, 0.5) is 0 Å². The Kier molecular flexibility index (Phi) is 3.33. The minimum absolute atomic E-state index is 1.11. The molecule has 0 aliphatic rings. The molecule has 1 radical (unpaired) electrons. The molecule has 0 spiro atoms. The van der Waals surface area contributed by atoms with Gasteiger partial charge in [-0.1, -0.05) is 32.9 Å². The van der Waals surface area contributed by atoms with E-state index in [-0.39, 0.29) is 0 Å². The molecule has 0 amide bonds. The van der Waals surface area contributed by atoms with Gasteiger partial charge in [0, 0.05) is 0 Å². The Morgan fingerprint density at radius 3 is 2.33 bits per heavy atom. The molecule has 1 aromatic carbocycles. The molecule has 1 aromatic rings. The second-order valence-corrected chi connectivity index (χ2v) is 3.02. The summed E-state index contributed by atoms with van der Waals surface area (Å²) >= 11 is 0. The number of hydrogen-bond acceptors (Lipinski definition) is 0. The van der Waals surface area contributed by atoms with Crippen molar-refractivity contribution in [2.75, 3.05) is 0 Å². The topological polar surface area (TPSA) is 0 Å². The van der Waals surface area contributed by atoms with Crippen LogP contribution >= 0.6 is 0 Å². The summed E-state index contributed by atoms with van der Waals surface area (Å²) in [5.74, 6) is 0. The molecule has 0 unspecified atom stereocenters. The van der Waals surface area contributed by atoms with E-state index in [0.29, 0.717) is 0 Å². The highest BCUT2D eigenvalue weighted by Gasteiger charge is 2.02. The fourth-order valence-electron chi connectivity index (χ4n) is 1.71. The van der Waals surface area contributed by atoms with Gasteiger partial charge >= 0.3 is 0 Å². The van der Waals surface area contributed by atoms with Crippen LogP contribution in [-0.4, -0.2) is 0 Å². The lowest BCUT2D eigenvalue weighted by Crippen LogP contribution is -1.96. The van der Waals surface area contributed by atoms with Gasteiger partial charge in [0.25, 0.3) is 0 Å². The second-order valence-electron chi connectivity index (χ2n) is 3.02. The van der Waals surface area contributed by atoms with Gasteiger partial charge in [-0.3, -0.25) is 0 Å². The van der Waals surface area contributed by atoms with Crippen LogP contribution in [0.25, 0.3) is 0 Å². The van der Waals surface area contributed by atoms with E-state index in [1.165, 1.54) is 16.7 Å². The Morgan fingerprint density at radius 1 is 1.08 bits per heavy atom. The monoisotopic (exact) mass is 161 g/mol. The van der Waals surface area contributed by atoms with Crippen molar-refractivity contribution in [3.8, 4) is 0 Å². The molecule has 0 fully saturated rings. The summed E-state index contributed by atoms with van der Waals surface area (Å²) in [5, 5.41) is 0. The van der Waals surface area contributed by atoms with E-state index in [1.807, 2.05) is 0 Å². The zero-order chi connectivity index (χ0) is 8.97. The van der Waals surface area contributed by atoms with Gasteiger partial charge in [-0.25, -0.2) is 0 Å². The van der Waals surface area contributed by atoms with Crippen molar-refractivity contribution in [1.82, 2.24) is 0 Å². The molecule has 0 heterocycles. The minimum atomic E-state index is 1.11. The first-order valence-corrected chi connectivity index (χ1v) is 4.84. The quantitative estimate of drug-likeness (QED) is 0.638. The van der Waals surface area contributed by atoms with Gasteiger partial charge in [-0.05, 0) is 42.0 Å². The third-order valence-corrected chi connectivity index (χ3v) is 2.38. The first kappa shape index (κ1) is 9.31. The van der Waals surface area contributed by atoms with Crippen LogP contribution in [0.3, 0.4) is 0 Å². The fourth-order valence-corrected chi connectivity index (χ4v) is 1.71. The van der Waals surface area contributed by atoms with E-state index in [4.69, 9.17) is 0 Å². The van der Waals surface area contributed by atoms with Crippen LogP contribution in [0, 0.1) is 6.07 Å². The molecular formula is C12H17. The molecular weight excluding hydrogens is 144 g/mol. The first-order chi connectivity index (χ1) is 5.83. The van der Waals surface area contributed by atoms with E-state index in [0.717, 1.165) is 19.3 Å². The van der Waals surface area contributed by atoms with Crippen LogP contribution < -0.4 is 0 Å². The Labute approximate surface area is 75.6 Å². The smallest absolute Gasteiger partial charge is 0.0146 e. The average Bonchev–Trinajstić information content (AvgIpc) is 2.16. The van der Waals surface area contributed by atoms with Crippen molar-refractivity contribution in [1.29, 1.82) is 0 Å². The highest BCUT2D eigenvalue weighted by atomic mass is 14.1. The van der Waals surface area contributed by atoms with Gasteiger partial charge in [0.15, 0.2) is 0 Å². The number of aryl methyl sites for hydroxylation is 2. The summed E-state index contributed by atoms with van der Waals surface area (Å²) in [4.78, 5) is 0. The van der Waals surface area contributed by atoms with Gasteiger partial charge in [-0.15, -0.1) is 0 Å². The van der Waals surface area contributed by atoms with Gasteiger partial charge < -0.3 is 0 Å². The lowest BCUT2D eigenvalue weighted by Gasteiger charge is -2.09. The molecule has 0 bridgehead atoms. The van der Waals surface area contributed by atoms with Gasteiger partial charge in [0.2, 0.25) is 0 Å². The average molecular weight is 161 g/mol. The van der Waals surface area contributed by atoms with Crippen LogP contribution in [0.2, 0.25) is 0 Å². The van der Waals surface area contributed by atoms with Crippen molar-refractivity contribution in [2.45, 2.75) is 40.0 Å². The molecule has 0 saturated carbocycles. The number of rotatable bonds is 3. The van der Waals surface area contributed by atoms with Crippen LogP contribution in [0.5, 0.6) is 0 Å². The Morgan fingerprint density at radius 2 is 1.83 bits per heavy atom. The molecule has 0 nitrogen and oxygen atoms in total. The number of hydrogen-bond donors (Lipinski definition) is 0. The molecule has 0 aliphatic heterocycles.